The van der Waals surface area contributed by atoms with Crippen LogP contribution in [0.5, 0.6) is 0 Å². The summed E-state index contributed by atoms with van der Waals surface area (Å²) in [5.74, 6) is -0.170. The van der Waals surface area contributed by atoms with Crippen molar-refractivity contribution in [2.75, 3.05) is 6.54 Å². The summed E-state index contributed by atoms with van der Waals surface area (Å²) in [7, 11) is 0. The summed E-state index contributed by atoms with van der Waals surface area (Å²) < 4.78 is 3.42. The maximum Gasteiger partial charge on any atom is 0.256 e. The fourth-order valence-corrected chi connectivity index (χ4v) is 2.59. The van der Waals surface area contributed by atoms with E-state index in [2.05, 4.69) is 20.5 Å². The van der Waals surface area contributed by atoms with Crippen LogP contribution in [0.4, 0.5) is 0 Å². The molecule has 0 spiro atoms. The first-order chi connectivity index (χ1) is 11.0. The van der Waals surface area contributed by atoms with Gasteiger partial charge in [0.05, 0.1) is 17.4 Å². The Labute approximate surface area is 138 Å². The lowest BCUT2D eigenvalue weighted by Crippen LogP contribution is -2.25. The maximum atomic E-state index is 12.3. The third-order valence-corrected chi connectivity index (χ3v) is 3.67. The third-order valence-electron chi connectivity index (χ3n) is 3.47. The SMILES string of the molecule is Cc1cc(C)n2ncc(C(=O)NCCCn3cc(Cl)cn3)c2n1. The number of aryl methyl sites for hydroxylation is 3. The van der Waals surface area contributed by atoms with Gasteiger partial charge in [-0.15, -0.1) is 0 Å². The molecule has 0 atom stereocenters. The topological polar surface area (TPSA) is 77.1 Å². The number of hydrogen-bond acceptors (Lipinski definition) is 4. The minimum Gasteiger partial charge on any atom is -0.352 e. The van der Waals surface area contributed by atoms with E-state index in [1.807, 2.05) is 19.9 Å². The molecule has 0 fully saturated rings. The molecule has 0 bridgehead atoms. The van der Waals surface area contributed by atoms with Crippen molar-refractivity contribution in [2.24, 2.45) is 0 Å². The second kappa shape index (κ2) is 6.37. The summed E-state index contributed by atoms with van der Waals surface area (Å²) >= 11 is 5.80. The molecule has 120 valence electrons. The van der Waals surface area contributed by atoms with Gasteiger partial charge in [-0.25, -0.2) is 9.50 Å². The number of aromatic nitrogens is 5. The Balaban J connectivity index is 1.62. The van der Waals surface area contributed by atoms with Gasteiger partial charge < -0.3 is 5.32 Å². The molecule has 1 N–H and O–H groups in total. The summed E-state index contributed by atoms with van der Waals surface area (Å²) in [4.78, 5) is 16.7. The molecule has 7 nitrogen and oxygen atoms in total. The van der Waals surface area contributed by atoms with Gasteiger partial charge in [-0.2, -0.15) is 10.2 Å². The van der Waals surface area contributed by atoms with E-state index in [-0.39, 0.29) is 5.91 Å². The van der Waals surface area contributed by atoms with Gasteiger partial charge >= 0.3 is 0 Å². The maximum absolute atomic E-state index is 12.3. The molecule has 0 radical (unpaired) electrons. The second-order valence-corrected chi connectivity index (χ2v) is 5.80. The zero-order valence-corrected chi connectivity index (χ0v) is 13.7. The normalized spacial score (nSPS) is 11.1. The molecule has 3 aromatic rings. The number of amides is 1. The fourth-order valence-electron chi connectivity index (χ4n) is 2.43. The molecule has 23 heavy (non-hydrogen) atoms. The lowest BCUT2D eigenvalue weighted by Gasteiger charge is -2.05. The molecule has 0 saturated heterocycles. The molecule has 3 heterocycles. The van der Waals surface area contributed by atoms with Gasteiger partial charge in [0.2, 0.25) is 0 Å². The Kier molecular flexibility index (Phi) is 4.29. The first-order valence-corrected chi connectivity index (χ1v) is 7.70. The van der Waals surface area contributed by atoms with Crippen molar-refractivity contribution in [1.82, 2.24) is 29.7 Å². The molecule has 0 aliphatic carbocycles. The number of hydrogen-bond donors (Lipinski definition) is 1. The van der Waals surface area contributed by atoms with Crippen molar-refractivity contribution in [1.29, 1.82) is 0 Å². The summed E-state index contributed by atoms with van der Waals surface area (Å²) in [6.45, 7) is 5.07. The molecule has 3 aromatic heterocycles. The Morgan fingerprint density at radius 1 is 1.30 bits per heavy atom. The van der Waals surface area contributed by atoms with E-state index in [4.69, 9.17) is 11.6 Å². The first-order valence-electron chi connectivity index (χ1n) is 7.33. The number of halogens is 1. The standard InChI is InChI=1S/C15H17ClN6O/c1-10-6-11(2)22-14(20-10)13(8-19-22)15(23)17-4-3-5-21-9-12(16)7-18-21/h6-9H,3-5H2,1-2H3,(H,17,23). The van der Waals surface area contributed by atoms with E-state index in [0.717, 1.165) is 17.8 Å². The van der Waals surface area contributed by atoms with Crippen LogP contribution in [0.3, 0.4) is 0 Å². The molecule has 0 saturated carbocycles. The smallest absolute Gasteiger partial charge is 0.256 e. The number of carbonyl (C=O) groups excluding carboxylic acids is 1. The highest BCUT2D eigenvalue weighted by atomic mass is 35.5. The Morgan fingerprint density at radius 2 is 2.13 bits per heavy atom. The van der Waals surface area contributed by atoms with Crippen molar-refractivity contribution >= 4 is 23.2 Å². The molecule has 0 aliphatic rings. The minimum atomic E-state index is -0.170. The average molecular weight is 333 g/mol. The molecule has 0 aromatic carbocycles. The lowest BCUT2D eigenvalue weighted by atomic mass is 10.3. The summed E-state index contributed by atoms with van der Waals surface area (Å²) in [6, 6.07) is 1.93. The van der Waals surface area contributed by atoms with E-state index in [9.17, 15) is 4.79 Å². The Hall–Kier alpha value is -2.41. The van der Waals surface area contributed by atoms with Crippen LogP contribution in [-0.4, -0.2) is 36.8 Å². The number of rotatable bonds is 5. The van der Waals surface area contributed by atoms with Crippen molar-refractivity contribution in [3.63, 3.8) is 0 Å². The van der Waals surface area contributed by atoms with Crippen LogP contribution in [0.25, 0.3) is 5.65 Å². The number of fused-ring (bicyclic) bond motifs is 1. The highest BCUT2D eigenvalue weighted by Gasteiger charge is 2.14. The number of nitrogens with one attached hydrogen (secondary N) is 1. The number of carbonyl (C=O) groups is 1. The highest BCUT2D eigenvalue weighted by molar-refractivity contribution is 6.30. The molecule has 0 unspecified atom stereocenters. The van der Waals surface area contributed by atoms with Crippen molar-refractivity contribution in [3.8, 4) is 0 Å². The van der Waals surface area contributed by atoms with Crippen molar-refractivity contribution in [2.45, 2.75) is 26.8 Å². The largest absolute Gasteiger partial charge is 0.352 e. The van der Waals surface area contributed by atoms with Crippen LogP contribution < -0.4 is 5.32 Å². The van der Waals surface area contributed by atoms with Gasteiger partial charge in [0.1, 0.15) is 5.56 Å². The number of nitrogens with zero attached hydrogens (tertiary/aromatic N) is 5. The predicted octanol–water partition coefficient (Wildman–Crippen LogP) is 2.02. The lowest BCUT2D eigenvalue weighted by molar-refractivity contribution is 0.0954. The van der Waals surface area contributed by atoms with E-state index in [1.54, 1.807) is 27.8 Å². The first kappa shape index (κ1) is 15.5. The van der Waals surface area contributed by atoms with Crippen molar-refractivity contribution < 1.29 is 4.79 Å². The van der Waals surface area contributed by atoms with E-state index < -0.39 is 0 Å². The Morgan fingerprint density at radius 3 is 2.87 bits per heavy atom. The molecule has 3 rings (SSSR count). The van der Waals surface area contributed by atoms with Crippen LogP contribution in [0.1, 0.15) is 28.2 Å². The molecule has 8 heteroatoms. The van der Waals surface area contributed by atoms with Crippen LogP contribution in [-0.2, 0) is 6.54 Å². The van der Waals surface area contributed by atoms with Gasteiger partial charge in [0, 0.05) is 30.7 Å². The van der Waals surface area contributed by atoms with Crippen LogP contribution in [0.15, 0.2) is 24.7 Å². The van der Waals surface area contributed by atoms with E-state index in [1.165, 1.54) is 0 Å². The van der Waals surface area contributed by atoms with E-state index in [0.29, 0.717) is 29.3 Å². The van der Waals surface area contributed by atoms with Crippen LogP contribution >= 0.6 is 11.6 Å². The summed E-state index contributed by atoms with van der Waals surface area (Å²) in [6.07, 6.45) is 5.66. The zero-order valence-electron chi connectivity index (χ0n) is 13.0. The van der Waals surface area contributed by atoms with Gasteiger partial charge in [-0.1, -0.05) is 11.6 Å². The molecular formula is C15H17ClN6O. The van der Waals surface area contributed by atoms with Gasteiger partial charge in [-0.05, 0) is 26.3 Å². The Bertz CT molecular complexity index is 853. The molecule has 0 aliphatic heterocycles. The van der Waals surface area contributed by atoms with Crippen molar-refractivity contribution in [3.05, 3.63) is 46.6 Å². The minimum absolute atomic E-state index is 0.170. The quantitative estimate of drug-likeness (QED) is 0.725. The van der Waals surface area contributed by atoms with E-state index >= 15 is 0 Å². The molecular weight excluding hydrogens is 316 g/mol. The van der Waals surface area contributed by atoms with Gasteiger partial charge in [0.25, 0.3) is 5.91 Å². The fraction of sp³-hybridized carbons (Fsp3) is 0.333. The monoisotopic (exact) mass is 332 g/mol. The second-order valence-electron chi connectivity index (χ2n) is 5.36. The average Bonchev–Trinajstić information content (AvgIpc) is 3.09. The predicted molar refractivity (Wildman–Crippen MR) is 86.6 cm³/mol. The van der Waals surface area contributed by atoms with Crippen LogP contribution in [0, 0.1) is 13.8 Å². The zero-order chi connectivity index (χ0) is 16.4. The summed E-state index contributed by atoms with van der Waals surface area (Å²) in [5, 5.41) is 11.8. The van der Waals surface area contributed by atoms with Crippen LogP contribution in [0.2, 0.25) is 5.02 Å². The highest BCUT2D eigenvalue weighted by Crippen LogP contribution is 2.11. The summed E-state index contributed by atoms with van der Waals surface area (Å²) in [5.41, 5.74) is 2.88. The molecule has 1 amide bonds. The van der Waals surface area contributed by atoms with Gasteiger partial charge in [0.15, 0.2) is 5.65 Å². The third kappa shape index (κ3) is 3.34. The van der Waals surface area contributed by atoms with Gasteiger partial charge in [-0.3, -0.25) is 9.48 Å².